The highest BCUT2D eigenvalue weighted by molar-refractivity contribution is 5.77. The monoisotopic (exact) mass is 304 g/mol. The number of carbonyl (C=O) groups excluding carboxylic acids is 1. The summed E-state index contributed by atoms with van der Waals surface area (Å²) >= 11 is 0. The Kier molecular flexibility index (Phi) is 6.72. The first-order valence-electron chi connectivity index (χ1n) is 8.34. The largest absolute Gasteiger partial charge is 0.484 e. The van der Waals surface area contributed by atoms with E-state index in [4.69, 9.17) is 4.74 Å². The van der Waals surface area contributed by atoms with Crippen LogP contribution in [0.3, 0.4) is 0 Å². The lowest BCUT2D eigenvalue weighted by atomic mass is 9.94. The molecule has 0 saturated carbocycles. The van der Waals surface area contributed by atoms with Gasteiger partial charge in [-0.3, -0.25) is 4.79 Å². The van der Waals surface area contributed by atoms with E-state index >= 15 is 0 Å². The van der Waals surface area contributed by atoms with E-state index in [1.165, 1.54) is 31.5 Å². The number of benzene rings is 1. The number of amides is 1. The lowest BCUT2D eigenvalue weighted by Crippen LogP contribution is -2.34. The predicted octanol–water partition coefficient (Wildman–Crippen LogP) is 2.48. The number of aryl methyl sites for hydroxylation is 1. The third kappa shape index (κ3) is 5.68. The maximum Gasteiger partial charge on any atom is 0.257 e. The molecule has 0 aromatic heterocycles. The molecule has 1 N–H and O–H groups in total. The molecule has 1 aromatic rings. The minimum atomic E-state index is -0.0347. The molecule has 0 atom stereocenters. The van der Waals surface area contributed by atoms with Crippen molar-refractivity contribution in [2.24, 2.45) is 5.92 Å². The van der Waals surface area contributed by atoms with E-state index in [0.717, 1.165) is 31.1 Å². The Morgan fingerprint density at radius 2 is 1.95 bits per heavy atom. The first-order chi connectivity index (χ1) is 10.7. The molecule has 4 nitrogen and oxygen atoms in total. The number of likely N-dealkylation sites (tertiary alicyclic amines) is 1. The van der Waals surface area contributed by atoms with Gasteiger partial charge in [-0.25, -0.2) is 0 Å². The predicted molar refractivity (Wildman–Crippen MR) is 89.2 cm³/mol. The van der Waals surface area contributed by atoms with Gasteiger partial charge in [0.05, 0.1) is 0 Å². The van der Waals surface area contributed by atoms with Crippen LogP contribution in [-0.4, -0.2) is 44.1 Å². The number of carbonyl (C=O) groups is 1. The summed E-state index contributed by atoms with van der Waals surface area (Å²) in [5, 5.41) is 2.96. The molecule has 1 fully saturated rings. The van der Waals surface area contributed by atoms with Gasteiger partial charge in [0.15, 0.2) is 6.61 Å². The van der Waals surface area contributed by atoms with Crippen LogP contribution >= 0.6 is 0 Å². The van der Waals surface area contributed by atoms with Crippen molar-refractivity contribution in [3.63, 3.8) is 0 Å². The van der Waals surface area contributed by atoms with E-state index in [0.29, 0.717) is 0 Å². The highest BCUT2D eigenvalue weighted by Crippen LogP contribution is 2.18. The third-order valence-corrected chi connectivity index (χ3v) is 4.41. The Morgan fingerprint density at radius 3 is 2.59 bits per heavy atom. The minimum absolute atomic E-state index is 0.0347. The maximum atomic E-state index is 11.8. The number of ether oxygens (including phenoxy) is 1. The summed E-state index contributed by atoms with van der Waals surface area (Å²) in [4.78, 5) is 14.2. The highest BCUT2D eigenvalue weighted by Gasteiger charge is 2.16. The average Bonchev–Trinajstić information content (AvgIpc) is 2.55. The molecule has 1 heterocycles. The zero-order valence-electron chi connectivity index (χ0n) is 13.8. The van der Waals surface area contributed by atoms with Gasteiger partial charge in [0, 0.05) is 6.54 Å². The van der Waals surface area contributed by atoms with Crippen molar-refractivity contribution in [1.82, 2.24) is 10.2 Å². The van der Waals surface area contributed by atoms with Gasteiger partial charge >= 0.3 is 0 Å². The molecule has 0 radical (unpaired) electrons. The molecule has 1 aliphatic rings. The fourth-order valence-corrected chi connectivity index (χ4v) is 2.79. The normalized spacial score (nSPS) is 16.5. The standard InChI is InChI=1S/C18H28N2O2/c1-3-15-4-6-17(7-5-15)22-14-18(21)19-11-8-16-9-12-20(2)13-10-16/h4-7,16H,3,8-14H2,1-2H3,(H,19,21). The fraction of sp³-hybridized carbons (Fsp3) is 0.611. The van der Waals surface area contributed by atoms with Gasteiger partial charge in [0.1, 0.15) is 5.75 Å². The van der Waals surface area contributed by atoms with Crippen molar-refractivity contribution in [2.75, 3.05) is 33.3 Å². The van der Waals surface area contributed by atoms with Crippen molar-refractivity contribution in [2.45, 2.75) is 32.6 Å². The molecule has 4 heteroatoms. The number of rotatable bonds is 7. The zero-order chi connectivity index (χ0) is 15.8. The smallest absolute Gasteiger partial charge is 0.257 e. The quantitative estimate of drug-likeness (QED) is 0.841. The summed E-state index contributed by atoms with van der Waals surface area (Å²) < 4.78 is 5.51. The second kappa shape index (κ2) is 8.79. The van der Waals surface area contributed by atoms with Crippen molar-refractivity contribution in [3.8, 4) is 5.75 Å². The minimum Gasteiger partial charge on any atom is -0.484 e. The van der Waals surface area contributed by atoms with E-state index in [9.17, 15) is 4.79 Å². The molecular weight excluding hydrogens is 276 g/mol. The zero-order valence-corrected chi connectivity index (χ0v) is 13.8. The van der Waals surface area contributed by atoms with Crippen molar-refractivity contribution >= 4 is 5.91 Å². The SMILES string of the molecule is CCc1ccc(OCC(=O)NCCC2CCN(C)CC2)cc1. The molecule has 1 aromatic carbocycles. The topological polar surface area (TPSA) is 41.6 Å². The van der Waals surface area contributed by atoms with Crippen molar-refractivity contribution in [3.05, 3.63) is 29.8 Å². The molecule has 1 aliphatic heterocycles. The van der Waals surface area contributed by atoms with Crippen LogP contribution in [-0.2, 0) is 11.2 Å². The molecule has 122 valence electrons. The highest BCUT2D eigenvalue weighted by atomic mass is 16.5. The number of hydrogen-bond acceptors (Lipinski definition) is 3. The summed E-state index contributed by atoms with van der Waals surface area (Å²) in [7, 11) is 2.17. The van der Waals surface area contributed by atoms with Gasteiger partial charge < -0.3 is 15.0 Å². The molecule has 1 saturated heterocycles. The van der Waals surface area contributed by atoms with Gasteiger partial charge in [-0.2, -0.15) is 0 Å². The molecular formula is C18H28N2O2. The summed E-state index contributed by atoms with van der Waals surface area (Å²) in [6.45, 7) is 5.32. The van der Waals surface area contributed by atoms with Crippen LogP contribution in [0.25, 0.3) is 0 Å². The lowest BCUT2D eigenvalue weighted by molar-refractivity contribution is -0.123. The van der Waals surface area contributed by atoms with Crippen LogP contribution in [0.2, 0.25) is 0 Å². The summed E-state index contributed by atoms with van der Waals surface area (Å²) in [6, 6.07) is 7.91. The summed E-state index contributed by atoms with van der Waals surface area (Å²) in [5.74, 6) is 1.47. The Labute approximate surface area is 133 Å². The van der Waals surface area contributed by atoms with Gasteiger partial charge in [-0.05, 0) is 69.4 Å². The number of hydrogen-bond donors (Lipinski definition) is 1. The average molecular weight is 304 g/mol. The van der Waals surface area contributed by atoms with Crippen LogP contribution < -0.4 is 10.1 Å². The summed E-state index contributed by atoms with van der Waals surface area (Å²) in [6.07, 6.45) is 4.57. The molecule has 0 aliphatic carbocycles. The fourth-order valence-electron chi connectivity index (χ4n) is 2.79. The van der Waals surface area contributed by atoms with Gasteiger partial charge in [-0.1, -0.05) is 19.1 Å². The van der Waals surface area contributed by atoms with Crippen LogP contribution in [0.5, 0.6) is 5.75 Å². The second-order valence-corrected chi connectivity index (χ2v) is 6.17. The van der Waals surface area contributed by atoms with Crippen LogP contribution in [0, 0.1) is 5.92 Å². The second-order valence-electron chi connectivity index (χ2n) is 6.17. The third-order valence-electron chi connectivity index (χ3n) is 4.41. The van der Waals surface area contributed by atoms with Gasteiger partial charge in [-0.15, -0.1) is 0 Å². The van der Waals surface area contributed by atoms with Gasteiger partial charge in [0.2, 0.25) is 0 Å². The molecule has 2 rings (SSSR count). The molecule has 0 unspecified atom stereocenters. The first-order valence-corrected chi connectivity index (χ1v) is 8.34. The van der Waals surface area contributed by atoms with Crippen LogP contribution in [0.4, 0.5) is 0 Å². The number of piperidine rings is 1. The van der Waals surface area contributed by atoms with E-state index in [1.54, 1.807) is 0 Å². The van der Waals surface area contributed by atoms with E-state index in [1.807, 2.05) is 24.3 Å². The van der Waals surface area contributed by atoms with E-state index in [2.05, 4.69) is 24.2 Å². The Balaban J connectivity index is 1.59. The van der Waals surface area contributed by atoms with Crippen LogP contribution in [0.15, 0.2) is 24.3 Å². The van der Waals surface area contributed by atoms with Gasteiger partial charge in [0.25, 0.3) is 5.91 Å². The number of nitrogens with one attached hydrogen (secondary N) is 1. The van der Waals surface area contributed by atoms with E-state index < -0.39 is 0 Å². The molecule has 22 heavy (non-hydrogen) atoms. The molecule has 0 bridgehead atoms. The Bertz CT molecular complexity index is 451. The Hall–Kier alpha value is -1.55. The van der Waals surface area contributed by atoms with Crippen molar-refractivity contribution < 1.29 is 9.53 Å². The first kappa shape index (κ1) is 16.8. The number of nitrogens with zero attached hydrogens (tertiary/aromatic N) is 1. The van der Waals surface area contributed by atoms with Crippen LogP contribution in [0.1, 0.15) is 31.7 Å². The maximum absolute atomic E-state index is 11.8. The van der Waals surface area contributed by atoms with Crippen molar-refractivity contribution in [1.29, 1.82) is 0 Å². The summed E-state index contributed by atoms with van der Waals surface area (Å²) in [5.41, 5.74) is 1.27. The molecule has 1 amide bonds. The van der Waals surface area contributed by atoms with E-state index in [-0.39, 0.29) is 12.5 Å². The Morgan fingerprint density at radius 1 is 1.27 bits per heavy atom. The molecule has 0 spiro atoms. The lowest BCUT2D eigenvalue weighted by Gasteiger charge is -2.28.